The van der Waals surface area contributed by atoms with Crippen LogP contribution in [0.2, 0.25) is 0 Å². The number of hydrogen-bond acceptors (Lipinski definition) is 4. The van der Waals surface area contributed by atoms with E-state index in [1.165, 1.54) is 0 Å². The Bertz CT molecular complexity index is 394. The molecule has 0 unspecified atom stereocenters. The monoisotopic (exact) mass is 237 g/mol. The first kappa shape index (κ1) is 12.1. The highest BCUT2D eigenvalue weighted by atomic mass is 16.5. The van der Waals surface area contributed by atoms with Crippen molar-refractivity contribution in [2.45, 2.75) is 26.7 Å². The average molecular weight is 237 g/mol. The standard InChI is InChI=1S/C12H19N3O2/c1-3-4-10-11(9(2)14-17-10)12(16)15-7-5-13-6-8-15/h13H,3-8H2,1-2H3. The van der Waals surface area contributed by atoms with E-state index in [0.29, 0.717) is 11.3 Å². The lowest BCUT2D eigenvalue weighted by Crippen LogP contribution is -2.46. The summed E-state index contributed by atoms with van der Waals surface area (Å²) in [6.45, 7) is 7.14. The molecule has 2 rings (SSSR count). The van der Waals surface area contributed by atoms with Crippen LogP contribution in [-0.2, 0) is 6.42 Å². The van der Waals surface area contributed by atoms with Crippen molar-refractivity contribution in [2.75, 3.05) is 26.2 Å². The van der Waals surface area contributed by atoms with Crippen molar-refractivity contribution >= 4 is 5.91 Å². The average Bonchev–Trinajstić information content (AvgIpc) is 2.71. The fourth-order valence-electron chi connectivity index (χ4n) is 2.11. The summed E-state index contributed by atoms with van der Waals surface area (Å²) in [7, 11) is 0. The summed E-state index contributed by atoms with van der Waals surface area (Å²) in [5.41, 5.74) is 1.38. The zero-order valence-corrected chi connectivity index (χ0v) is 10.5. The summed E-state index contributed by atoms with van der Waals surface area (Å²) < 4.78 is 5.23. The van der Waals surface area contributed by atoms with Crippen LogP contribution >= 0.6 is 0 Å². The van der Waals surface area contributed by atoms with E-state index >= 15 is 0 Å². The Morgan fingerprint density at radius 2 is 2.18 bits per heavy atom. The summed E-state index contributed by atoms with van der Waals surface area (Å²) in [6, 6.07) is 0. The Hall–Kier alpha value is -1.36. The van der Waals surface area contributed by atoms with Gasteiger partial charge in [-0.15, -0.1) is 0 Å². The minimum Gasteiger partial charge on any atom is -0.360 e. The molecule has 0 aliphatic carbocycles. The molecular formula is C12H19N3O2. The predicted octanol–water partition coefficient (Wildman–Crippen LogP) is 0.981. The van der Waals surface area contributed by atoms with Crippen LogP contribution in [0.4, 0.5) is 0 Å². The van der Waals surface area contributed by atoms with Crippen LogP contribution in [0.3, 0.4) is 0 Å². The normalized spacial score (nSPS) is 16.2. The van der Waals surface area contributed by atoms with Gasteiger partial charge in [-0.2, -0.15) is 0 Å². The lowest BCUT2D eigenvalue weighted by atomic mass is 10.1. The Balaban J connectivity index is 2.19. The number of aromatic nitrogens is 1. The smallest absolute Gasteiger partial charge is 0.259 e. The van der Waals surface area contributed by atoms with Gasteiger partial charge in [0, 0.05) is 32.6 Å². The molecule has 0 radical (unpaired) electrons. The van der Waals surface area contributed by atoms with Crippen molar-refractivity contribution in [1.82, 2.24) is 15.4 Å². The second-order valence-electron chi connectivity index (χ2n) is 4.36. The maximum absolute atomic E-state index is 12.4. The highest BCUT2D eigenvalue weighted by Gasteiger charge is 2.25. The Labute approximate surface area is 101 Å². The lowest BCUT2D eigenvalue weighted by molar-refractivity contribution is 0.0733. The molecule has 17 heavy (non-hydrogen) atoms. The van der Waals surface area contributed by atoms with Crippen molar-refractivity contribution in [3.8, 4) is 0 Å². The molecule has 0 aromatic carbocycles. The molecule has 0 spiro atoms. The molecule has 1 fully saturated rings. The number of carbonyl (C=O) groups is 1. The van der Waals surface area contributed by atoms with E-state index in [9.17, 15) is 4.79 Å². The van der Waals surface area contributed by atoms with E-state index in [1.54, 1.807) is 0 Å². The van der Waals surface area contributed by atoms with Gasteiger partial charge in [0.1, 0.15) is 11.3 Å². The third-order valence-corrected chi connectivity index (χ3v) is 3.03. The van der Waals surface area contributed by atoms with Crippen LogP contribution in [0.25, 0.3) is 0 Å². The van der Waals surface area contributed by atoms with Crippen molar-refractivity contribution in [3.05, 3.63) is 17.0 Å². The number of carbonyl (C=O) groups excluding carboxylic acids is 1. The number of nitrogens with zero attached hydrogens (tertiary/aromatic N) is 2. The first-order valence-electron chi connectivity index (χ1n) is 6.19. The van der Waals surface area contributed by atoms with Gasteiger partial charge in [0.25, 0.3) is 5.91 Å². The molecule has 0 atom stereocenters. The van der Waals surface area contributed by atoms with Crippen molar-refractivity contribution in [3.63, 3.8) is 0 Å². The second-order valence-corrected chi connectivity index (χ2v) is 4.36. The van der Waals surface area contributed by atoms with E-state index in [1.807, 2.05) is 11.8 Å². The number of hydrogen-bond donors (Lipinski definition) is 1. The summed E-state index contributed by atoms with van der Waals surface area (Å²) in [5.74, 6) is 0.794. The fourth-order valence-corrected chi connectivity index (χ4v) is 2.11. The third-order valence-electron chi connectivity index (χ3n) is 3.03. The third kappa shape index (κ3) is 2.49. The molecule has 0 bridgehead atoms. The summed E-state index contributed by atoms with van der Waals surface area (Å²) >= 11 is 0. The molecule has 94 valence electrons. The molecule has 1 aliphatic heterocycles. The first-order valence-corrected chi connectivity index (χ1v) is 6.19. The van der Waals surface area contributed by atoms with E-state index in [4.69, 9.17) is 4.52 Å². The number of rotatable bonds is 3. The molecule has 0 saturated carbocycles. The molecule has 1 amide bonds. The molecule has 1 N–H and O–H groups in total. The van der Waals surface area contributed by atoms with Gasteiger partial charge in [0.05, 0.1) is 5.69 Å². The topological polar surface area (TPSA) is 58.4 Å². The van der Waals surface area contributed by atoms with Gasteiger partial charge in [-0.05, 0) is 13.3 Å². The number of piperazine rings is 1. The summed E-state index contributed by atoms with van der Waals surface area (Å²) in [4.78, 5) is 14.2. The van der Waals surface area contributed by atoms with Gasteiger partial charge in [-0.25, -0.2) is 0 Å². The van der Waals surface area contributed by atoms with E-state index in [-0.39, 0.29) is 5.91 Å². The molecule has 1 aromatic heterocycles. The molecule has 5 nitrogen and oxygen atoms in total. The van der Waals surface area contributed by atoms with Crippen molar-refractivity contribution < 1.29 is 9.32 Å². The lowest BCUT2D eigenvalue weighted by Gasteiger charge is -2.27. The highest BCUT2D eigenvalue weighted by Crippen LogP contribution is 2.18. The van der Waals surface area contributed by atoms with E-state index < -0.39 is 0 Å². The first-order chi connectivity index (χ1) is 8.24. The van der Waals surface area contributed by atoms with Gasteiger partial charge in [0.2, 0.25) is 0 Å². The SMILES string of the molecule is CCCc1onc(C)c1C(=O)N1CCNCC1. The molecule has 1 aromatic rings. The van der Waals surface area contributed by atoms with Crippen LogP contribution in [0.1, 0.15) is 35.2 Å². The zero-order valence-electron chi connectivity index (χ0n) is 10.5. The van der Waals surface area contributed by atoms with Crippen LogP contribution < -0.4 is 5.32 Å². The number of amides is 1. The highest BCUT2D eigenvalue weighted by molar-refractivity contribution is 5.96. The van der Waals surface area contributed by atoms with Crippen molar-refractivity contribution in [2.24, 2.45) is 0 Å². The Kier molecular flexibility index (Phi) is 3.78. The summed E-state index contributed by atoms with van der Waals surface area (Å²) in [5, 5.41) is 7.15. The van der Waals surface area contributed by atoms with Crippen molar-refractivity contribution in [1.29, 1.82) is 0 Å². The largest absolute Gasteiger partial charge is 0.360 e. The fraction of sp³-hybridized carbons (Fsp3) is 0.667. The van der Waals surface area contributed by atoms with Gasteiger partial charge < -0.3 is 14.7 Å². The molecule has 1 aliphatic rings. The maximum Gasteiger partial charge on any atom is 0.259 e. The van der Waals surface area contributed by atoms with E-state index in [0.717, 1.165) is 44.8 Å². The minimum absolute atomic E-state index is 0.0636. The van der Waals surface area contributed by atoms with Gasteiger partial charge in [-0.1, -0.05) is 12.1 Å². The molecule has 5 heteroatoms. The van der Waals surface area contributed by atoms with Crippen LogP contribution in [0.15, 0.2) is 4.52 Å². The minimum atomic E-state index is 0.0636. The van der Waals surface area contributed by atoms with Gasteiger partial charge in [-0.3, -0.25) is 4.79 Å². The van der Waals surface area contributed by atoms with Gasteiger partial charge in [0.15, 0.2) is 0 Å². The zero-order chi connectivity index (χ0) is 12.3. The number of nitrogens with one attached hydrogen (secondary N) is 1. The number of aryl methyl sites for hydroxylation is 2. The quantitative estimate of drug-likeness (QED) is 0.851. The molecular weight excluding hydrogens is 218 g/mol. The predicted molar refractivity (Wildman–Crippen MR) is 64.0 cm³/mol. The Morgan fingerprint density at radius 1 is 1.47 bits per heavy atom. The van der Waals surface area contributed by atoms with Gasteiger partial charge >= 0.3 is 0 Å². The second kappa shape index (κ2) is 5.31. The maximum atomic E-state index is 12.4. The Morgan fingerprint density at radius 3 is 2.82 bits per heavy atom. The molecule has 1 saturated heterocycles. The van der Waals surface area contributed by atoms with Crippen LogP contribution in [0, 0.1) is 6.92 Å². The summed E-state index contributed by atoms with van der Waals surface area (Å²) in [6.07, 6.45) is 1.73. The van der Waals surface area contributed by atoms with E-state index in [2.05, 4.69) is 17.4 Å². The van der Waals surface area contributed by atoms with Crippen LogP contribution in [0.5, 0.6) is 0 Å². The van der Waals surface area contributed by atoms with Crippen LogP contribution in [-0.4, -0.2) is 42.1 Å². The molecule has 2 heterocycles.